The highest BCUT2D eigenvalue weighted by molar-refractivity contribution is 6.04. The molecule has 4 nitrogen and oxygen atoms in total. The van der Waals surface area contributed by atoms with Gasteiger partial charge < -0.3 is 0 Å². The predicted octanol–water partition coefficient (Wildman–Crippen LogP) is 3.76. The Morgan fingerprint density at radius 1 is 1.21 bits per heavy atom. The molecule has 1 saturated heterocycles. The molecule has 126 valence electrons. The summed E-state index contributed by atoms with van der Waals surface area (Å²) in [6, 6.07) is 9.31. The van der Waals surface area contributed by atoms with Crippen LogP contribution in [0.4, 0.5) is 5.69 Å². The van der Waals surface area contributed by atoms with E-state index in [9.17, 15) is 9.59 Å². The molecule has 0 aromatic heterocycles. The van der Waals surface area contributed by atoms with Crippen molar-refractivity contribution in [1.82, 2.24) is 5.43 Å². The summed E-state index contributed by atoms with van der Waals surface area (Å²) in [6.45, 7) is 4.17. The van der Waals surface area contributed by atoms with Crippen LogP contribution < -0.4 is 10.4 Å². The summed E-state index contributed by atoms with van der Waals surface area (Å²) in [5, 5.41) is 1.42. The summed E-state index contributed by atoms with van der Waals surface area (Å²) in [4.78, 5) is 25.3. The third-order valence-electron chi connectivity index (χ3n) is 4.79. The molecule has 2 aliphatic rings. The minimum absolute atomic E-state index is 0.00847. The monoisotopic (exact) mass is 324 g/mol. The number of anilines is 1. The zero-order valence-electron chi connectivity index (χ0n) is 14.3. The lowest BCUT2D eigenvalue weighted by Crippen LogP contribution is -2.59. The van der Waals surface area contributed by atoms with Crippen molar-refractivity contribution in [3.05, 3.63) is 53.6 Å². The molecular formula is C20H24N2O2. The minimum atomic E-state index is -0.232. The Morgan fingerprint density at radius 3 is 2.67 bits per heavy atom. The molecule has 1 heterocycles. The van der Waals surface area contributed by atoms with Crippen LogP contribution in [0.1, 0.15) is 39.5 Å². The number of para-hydroxylation sites is 1. The average Bonchev–Trinajstić information content (AvgIpc) is 2.58. The fourth-order valence-electron chi connectivity index (χ4n) is 3.47. The molecule has 4 heteroatoms. The fraction of sp³-hybridized carbons (Fsp3) is 0.400. The van der Waals surface area contributed by atoms with Gasteiger partial charge in [0, 0.05) is 0 Å². The van der Waals surface area contributed by atoms with Crippen molar-refractivity contribution in [2.75, 3.05) is 5.01 Å². The third-order valence-corrected chi connectivity index (χ3v) is 4.79. The molecule has 1 aliphatic heterocycles. The number of carbonyl (C=O) groups excluding carboxylic acids is 2. The molecule has 2 amide bonds. The van der Waals surface area contributed by atoms with Crippen molar-refractivity contribution in [3.63, 3.8) is 0 Å². The Kier molecular flexibility index (Phi) is 4.84. The Hall–Kier alpha value is -2.36. The lowest BCUT2D eigenvalue weighted by atomic mass is 9.74. The number of carbonyl (C=O) groups is 2. The van der Waals surface area contributed by atoms with Crippen molar-refractivity contribution in [2.45, 2.75) is 39.5 Å². The molecule has 2 atom stereocenters. The summed E-state index contributed by atoms with van der Waals surface area (Å²) in [5.74, 6) is -0.478. The van der Waals surface area contributed by atoms with Crippen molar-refractivity contribution >= 4 is 17.5 Å². The minimum Gasteiger partial charge on any atom is -0.273 e. The molecule has 2 unspecified atom stereocenters. The Bertz CT molecular complexity index is 687. The molecule has 1 N–H and O–H groups in total. The summed E-state index contributed by atoms with van der Waals surface area (Å²) < 4.78 is 0. The van der Waals surface area contributed by atoms with Gasteiger partial charge in [0.2, 0.25) is 11.8 Å². The number of nitrogens with zero attached hydrogens (tertiary/aromatic N) is 1. The van der Waals surface area contributed by atoms with E-state index in [1.807, 2.05) is 30.3 Å². The number of nitrogens with one attached hydrogen (secondary N) is 1. The van der Waals surface area contributed by atoms with Crippen LogP contribution in [0.5, 0.6) is 0 Å². The molecule has 1 aliphatic carbocycles. The first-order valence-electron chi connectivity index (χ1n) is 8.57. The summed E-state index contributed by atoms with van der Waals surface area (Å²) in [7, 11) is 0. The quantitative estimate of drug-likeness (QED) is 0.861. The van der Waals surface area contributed by atoms with Crippen LogP contribution in [0.2, 0.25) is 0 Å². The fourth-order valence-corrected chi connectivity index (χ4v) is 3.47. The first-order valence-corrected chi connectivity index (χ1v) is 8.57. The lowest BCUT2D eigenvalue weighted by molar-refractivity contribution is -0.140. The Balaban J connectivity index is 1.74. The van der Waals surface area contributed by atoms with E-state index in [0.717, 1.165) is 24.9 Å². The maximum Gasteiger partial charge on any atom is 0.249 e. The normalized spacial score (nSPS) is 25.2. The SMILES string of the molecule is CC(C)=CC/C=C1/CCC2C(=O)N(c3ccccc3)NC(=O)C2C1. The largest absolute Gasteiger partial charge is 0.273 e. The summed E-state index contributed by atoms with van der Waals surface area (Å²) in [6.07, 6.45) is 7.65. The predicted molar refractivity (Wildman–Crippen MR) is 95.0 cm³/mol. The highest BCUT2D eigenvalue weighted by Gasteiger charge is 2.44. The van der Waals surface area contributed by atoms with Crippen LogP contribution in [0.3, 0.4) is 0 Å². The number of hydrogen-bond donors (Lipinski definition) is 1. The molecule has 0 spiro atoms. The van der Waals surface area contributed by atoms with E-state index in [-0.39, 0.29) is 23.7 Å². The van der Waals surface area contributed by atoms with Gasteiger partial charge in [-0.1, -0.05) is 41.5 Å². The molecule has 24 heavy (non-hydrogen) atoms. The van der Waals surface area contributed by atoms with Crippen LogP contribution >= 0.6 is 0 Å². The first-order chi connectivity index (χ1) is 11.6. The topological polar surface area (TPSA) is 49.4 Å². The van der Waals surface area contributed by atoms with Crippen molar-refractivity contribution in [1.29, 1.82) is 0 Å². The number of hydrazine groups is 1. The van der Waals surface area contributed by atoms with Crippen LogP contribution in [0.15, 0.2) is 53.6 Å². The number of hydrogen-bond acceptors (Lipinski definition) is 2. The summed E-state index contributed by atoms with van der Waals surface area (Å²) >= 11 is 0. The third kappa shape index (κ3) is 3.42. The van der Waals surface area contributed by atoms with Crippen molar-refractivity contribution in [2.24, 2.45) is 11.8 Å². The zero-order chi connectivity index (χ0) is 17.1. The van der Waals surface area contributed by atoms with Gasteiger partial charge in [0.15, 0.2) is 0 Å². The van der Waals surface area contributed by atoms with Crippen molar-refractivity contribution < 1.29 is 9.59 Å². The van der Waals surface area contributed by atoms with Gasteiger partial charge in [-0.3, -0.25) is 15.0 Å². The van der Waals surface area contributed by atoms with Crippen LogP contribution in [-0.4, -0.2) is 11.8 Å². The van der Waals surface area contributed by atoms with Crippen LogP contribution in [0, 0.1) is 11.8 Å². The molecule has 1 aromatic carbocycles. The Morgan fingerprint density at radius 2 is 1.96 bits per heavy atom. The van der Waals surface area contributed by atoms with E-state index in [1.165, 1.54) is 16.2 Å². The van der Waals surface area contributed by atoms with Gasteiger partial charge in [0.05, 0.1) is 17.5 Å². The maximum absolute atomic E-state index is 12.8. The van der Waals surface area contributed by atoms with Crippen LogP contribution in [0.25, 0.3) is 0 Å². The number of fused-ring (bicyclic) bond motifs is 1. The van der Waals surface area contributed by atoms with E-state index >= 15 is 0 Å². The maximum atomic E-state index is 12.8. The molecular weight excluding hydrogens is 300 g/mol. The van der Waals surface area contributed by atoms with Gasteiger partial charge >= 0.3 is 0 Å². The van der Waals surface area contributed by atoms with Gasteiger partial charge in [-0.2, -0.15) is 0 Å². The molecule has 0 radical (unpaired) electrons. The number of benzene rings is 1. The van der Waals surface area contributed by atoms with Crippen molar-refractivity contribution in [3.8, 4) is 0 Å². The smallest absolute Gasteiger partial charge is 0.249 e. The Labute approximate surface area is 143 Å². The number of amides is 2. The van der Waals surface area contributed by atoms with E-state index in [2.05, 4.69) is 31.4 Å². The van der Waals surface area contributed by atoms with Gasteiger partial charge in [-0.15, -0.1) is 0 Å². The van der Waals surface area contributed by atoms with Gasteiger partial charge in [-0.25, -0.2) is 5.01 Å². The summed E-state index contributed by atoms with van der Waals surface area (Å²) in [5.41, 5.74) is 6.10. The van der Waals surface area contributed by atoms with Gasteiger partial charge in [-0.05, 0) is 51.7 Å². The van der Waals surface area contributed by atoms with Gasteiger partial charge in [0.25, 0.3) is 0 Å². The zero-order valence-corrected chi connectivity index (χ0v) is 14.3. The van der Waals surface area contributed by atoms with E-state index in [0.29, 0.717) is 6.42 Å². The second-order valence-corrected chi connectivity index (χ2v) is 6.82. The lowest BCUT2D eigenvalue weighted by Gasteiger charge is -2.40. The molecule has 0 bridgehead atoms. The first kappa shape index (κ1) is 16.5. The highest BCUT2D eigenvalue weighted by Crippen LogP contribution is 2.38. The standard InChI is InChI=1S/C20H24N2O2/c1-14(2)7-6-8-15-11-12-17-18(13-15)19(23)21-22(20(17)24)16-9-4-3-5-10-16/h3-5,7-10,17-18H,6,11-13H2,1-2H3,(H,21,23)/b15-8-. The highest BCUT2D eigenvalue weighted by atomic mass is 16.2. The number of rotatable bonds is 3. The second kappa shape index (κ2) is 7.04. The molecule has 1 saturated carbocycles. The second-order valence-electron chi connectivity index (χ2n) is 6.82. The van der Waals surface area contributed by atoms with E-state index in [1.54, 1.807) is 0 Å². The molecule has 1 aromatic rings. The van der Waals surface area contributed by atoms with Crippen LogP contribution in [-0.2, 0) is 9.59 Å². The van der Waals surface area contributed by atoms with Gasteiger partial charge in [0.1, 0.15) is 0 Å². The molecule has 2 fully saturated rings. The van der Waals surface area contributed by atoms with E-state index < -0.39 is 0 Å². The molecule has 3 rings (SSSR count). The van der Waals surface area contributed by atoms with E-state index in [4.69, 9.17) is 0 Å². The average molecular weight is 324 g/mol. The number of allylic oxidation sites excluding steroid dienone is 4.